The van der Waals surface area contributed by atoms with Gasteiger partial charge < -0.3 is 4.74 Å². The molecule has 0 spiro atoms. The number of barbiturate groups is 1. The number of urea groups is 1. The van der Waals surface area contributed by atoms with Crippen LogP contribution in [0.5, 0.6) is 5.75 Å². The van der Waals surface area contributed by atoms with Crippen LogP contribution in [0.3, 0.4) is 0 Å². The molecule has 1 fully saturated rings. The van der Waals surface area contributed by atoms with Gasteiger partial charge in [-0.05, 0) is 59.9 Å². The van der Waals surface area contributed by atoms with Crippen molar-refractivity contribution >= 4 is 29.6 Å². The average molecular weight is 416 g/mol. The highest BCUT2D eigenvalue weighted by Crippen LogP contribution is 2.25. The number of benzene rings is 2. The minimum Gasteiger partial charge on any atom is -0.489 e. The van der Waals surface area contributed by atoms with E-state index < -0.39 is 17.8 Å². The van der Waals surface area contributed by atoms with Crippen molar-refractivity contribution in [3.8, 4) is 5.75 Å². The Morgan fingerprint density at radius 2 is 1.77 bits per heavy atom. The first-order chi connectivity index (χ1) is 15.0. The van der Waals surface area contributed by atoms with E-state index in [0.29, 0.717) is 30.0 Å². The number of nitrogens with one attached hydrogen (secondary N) is 1. The van der Waals surface area contributed by atoms with Crippen LogP contribution in [0.15, 0.2) is 73.3 Å². The maximum Gasteiger partial charge on any atom is 0.335 e. The first-order valence-corrected chi connectivity index (χ1v) is 9.96. The van der Waals surface area contributed by atoms with Crippen molar-refractivity contribution in [2.45, 2.75) is 19.8 Å². The van der Waals surface area contributed by atoms with Gasteiger partial charge in [0, 0.05) is 0 Å². The van der Waals surface area contributed by atoms with E-state index in [2.05, 4.69) is 18.5 Å². The Labute approximate surface area is 181 Å². The summed E-state index contributed by atoms with van der Waals surface area (Å²) in [5, 5.41) is 2.24. The number of nitrogens with zero attached hydrogens (tertiary/aromatic N) is 1. The van der Waals surface area contributed by atoms with Crippen LogP contribution >= 0.6 is 0 Å². The molecule has 4 amide bonds. The zero-order chi connectivity index (χ0) is 22.4. The summed E-state index contributed by atoms with van der Waals surface area (Å²) in [6.07, 6.45) is 6.26. The molecule has 158 valence electrons. The maximum atomic E-state index is 13.0. The molecule has 1 N–H and O–H groups in total. The fourth-order valence-electron chi connectivity index (χ4n) is 3.23. The van der Waals surface area contributed by atoms with Crippen LogP contribution < -0.4 is 15.0 Å². The molecule has 6 heteroatoms. The number of imide groups is 2. The standard InChI is InChI=1S/C25H24N2O4/c1-4-7-19-15-18(10-13-22(19)31-14-5-2)16-21-23(28)26-25(30)27(24(21)29)20-11-8-17(6-3)9-12-20/h4-5,8-13,15-16H,1-2,6-7,14H2,3H3,(H,26,28,30)/b21-16-. The van der Waals surface area contributed by atoms with Crippen LogP contribution in [0.4, 0.5) is 10.5 Å². The van der Waals surface area contributed by atoms with E-state index in [1.165, 1.54) is 6.08 Å². The number of allylic oxidation sites excluding steroid dienone is 1. The highest BCUT2D eigenvalue weighted by atomic mass is 16.5. The van der Waals surface area contributed by atoms with Crippen LogP contribution in [0.1, 0.15) is 23.6 Å². The number of aryl methyl sites for hydroxylation is 1. The van der Waals surface area contributed by atoms with Gasteiger partial charge in [-0.1, -0.05) is 43.9 Å². The number of hydrogen-bond acceptors (Lipinski definition) is 4. The highest BCUT2D eigenvalue weighted by molar-refractivity contribution is 6.39. The van der Waals surface area contributed by atoms with Gasteiger partial charge in [0.25, 0.3) is 11.8 Å². The summed E-state index contributed by atoms with van der Waals surface area (Å²) in [5.74, 6) is -0.724. The molecule has 0 unspecified atom stereocenters. The molecular formula is C25H24N2O4. The lowest BCUT2D eigenvalue weighted by Gasteiger charge is -2.26. The van der Waals surface area contributed by atoms with Crippen molar-refractivity contribution < 1.29 is 19.1 Å². The van der Waals surface area contributed by atoms with Gasteiger partial charge in [-0.25, -0.2) is 9.69 Å². The summed E-state index contributed by atoms with van der Waals surface area (Å²) in [7, 11) is 0. The van der Waals surface area contributed by atoms with Gasteiger partial charge in [0.2, 0.25) is 0 Å². The predicted octanol–water partition coefficient (Wildman–Crippen LogP) is 4.21. The molecule has 1 heterocycles. The third-order valence-corrected chi connectivity index (χ3v) is 4.82. The number of carbonyl (C=O) groups excluding carboxylic acids is 3. The largest absolute Gasteiger partial charge is 0.489 e. The van der Waals surface area contributed by atoms with Crippen LogP contribution in [-0.2, 0) is 22.4 Å². The highest BCUT2D eigenvalue weighted by Gasteiger charge is 2.36. The molecule has 0 radical (unpaired) electrons. The lowest BCUT2D eigenvalue weighted by molar-refractivity contribution is -0.122. The van der Waals surface area contributed by atoms with Crippen LogP contribution in [0.2, 0.25) is 0 Å². The lowest BCUT2D eigenvalue weighted by atomic mass is 10.0. The molecule has 31 heavy (non-hydrogen) atoms. The number of amides is 4. The van der Waals surface area contributed by atoms with Crippen molar-refractivity contribution in [2.75, 3.05) is 11.5 Å². The third kappa shape index (κ3) is 4.80. The predicted molar refractivity (Wildman–Crippen MR) is 121 cm³/mol. The molecule has 2 aromatic carbocycles. The third-order valence-electron chi connectivity index (χ3n) is 4.82. The van der Waals surface area contributed by atoms with Crippen molar-refractivity contribution in [1.29, 1.82) is 0 Å². The number of carbonyl (C=O) groups is 3. The Bertz CT molecular complexity index is 1070. The molecule has 3 rings (SSSR count). The number of hydrogen-bond donors (Lipinski definition) is 1. The summed E-state index contributed by atoms with van der Waals surface area (Å²) < 4.78 is 5.65. The molecular weight excluding hydrogens is 392 g/mol. The maximum absolute atomic E-state index is 13.0. The molecule has 6 nitrogen and oxygen atoms in total. The molecule has 0 atom stereocenters. The van der Waals surface area contributed by atoms with E-state index >= 15 is 0 Å². The fraction of sp³-hybridized carbons (Fsp3) is 0.160. The van der Waals surface area contributed by atoms with Crippen LogP contribution in [0.25, 0.3) is 6.08 Å². The van der Waals surface area contributed by atoms with Crippen LogP contribution in [-0.4, -0.2) is 24.5 Å². The minimum absolute atomic E-state index is 0.122. The molecule has 0 saturated carbocycles. The van der Waals surface area contributed by atoms with Crippen molar-refractivity contribution in [3.63, 3.8) is 0 Å². The van der Waals surface area contributed by atoms with Crippen molar-refractivity contribution in [3.05, 3.63) is 90.0 Å². The Morgan fingerprint density at radius 1 is 1.03 bits per heavy atom. The van der Waals surface area contributed by atoms with Gasteiger partial charge in [-0.3, -0.25) is 14.9 Å². The molecule has 1 aliphatic rings. The Balaban J connectivity index is 1.96. The van der Waals surface area contributed by atoms with E-state index in [-0.39, 0.29) is 5.57 Å². The van der Waals surface area contributed by atoms with Gasteiger partial charge in [-0.15, -0.1) is 6.58 Å². The van der Waals surface area contributed by atoms with Crippen molar-refractivity contribution in [1.82, 2.24) is 5.32 Å². The summed E-state index contributed by atoms with van der Waals surface area (Å²) in [6.45, 7) is 9.78. The zero-order valence-electron chi connectivity index (χ0n) is 17.4. The van der Waals surface area contributed by atoms with Gasteiger partial charge >= 0.3 is 6.03 Å². The zero-order valence-corrected chi connectivity index (χ0v) is 17.4. The Hall–Kier alpha value is -3.93. The second kappa shape index (κ2) is 9.71. The first kappa shape index (κ1) is 21.8. The fourth-order valence-corrected chi connectivity index (χ4v) is 3.23. The second-order valence-electron chi connectivity index (χ2n) is 6.94. The minimum atomic E-state index is -0.767. The topological polar surface area (TPSA) is 75.7 Å². The van der Waals surface area contributed by atoms with E-state index in [1.54, 1.807) is 36.4 Å². The van der Waals surface area contributed by atoms with E-state index in [9.17, 15) is 14.4 Å². The lowest BCUT2D eigenvalue weighted by Crippen LogP contribution is -2.54. The summed E-state index contributed by atoms with van der Waals surface area (Å²) in [5.41, 5.74) is 2.85. The Kier molecular flexibility index (Phi) is 6.82. The van der Waals surface area contributed by atoms with Gasteiger partial charge in [0.15, 0.2) is 0 Å². The van der Waals surface area contributed by atoms with Crippen LogP contribution in [0, 0.1) is 0 Å². The van der Waals surface area contributed by atoms with E-state index in [4.69, 9.17) is 4.74 Å². The summed E-state index contributed by atoms with van der Waals surface area (Å²) >= 11 is 0. The number of anilines is 1. The van der Waals surface area contributed by atoms with Crippen molar-refractivity contribution in [2.24, 2.45) is 0 Å². The first-order valence-electron chi connectivity index (χ1n) is 9.96. The molecule has 2 aromatic rings. The van der Waals surface area contributed by atoms with Gasteiger partial charge in [-0.2, -0.15) is 0 Å². The number of ether oxygens (including phenoxy) is 1. The average Bonchev–Trinajstić information content (AvgIpc) is 2.76. The van der Waals surface area contributed by atoms with E-state index in [1.807, 2.05) is 25.1 Å². The molecule has 0 aliphatic carbocycles. The quantitative estimate of drug-likeness (QED) is 0.397. The monoisotopic (exact) mass is 416 g/mol. The normalized spacial score (nSPS) is 15.1. The molecule has 0 bridgehead atoms. The summed E-state index contributed by atoms with van der Waals surface area (Å²) in [4.78, 5) is 38.8. The summed E-state index contributed by atoms with van der Waals surface area (Å²) in [6, 6.07) is 11.6. The smallest absolute Gasteiger partial charge is 0.335 e. The van der Waals surface area contributed by atoms with Gasteiger partial charge in [0.05, 0.1) is 5.69 Å². The van der Waals surface area contributed by atoms with E-state index in [0.717, 1.165) is 22.4 Å². The molecule has 0 aromatic heterocycles. The number of rotatable bonds is 8. The SMILES string of the molecule is C=CCOc1ccc(/C=C2/C(=O)NC(=O)N(c3ccc(CC)cc3)C2=O)cc1CC=C. The Morgan fingerprint density at radius 3 is 2.42 bits per heavy atom. The molecule has 1 saturated heterocycles. The second-order valence-corrected chi connectivity index (χ2v) is 6.94. The molecule has 1 aliphatic heterocycles. The van der Waals surface area contributed by atoms with Gasteiger partial charge in [0.1, 0.15) is 17.9 Å².